The molecule has 3 rings (SSSR count). The molecule has 2 heterocycles. The number of likely N-dealkylation sites (tertiary alicyclic amines) is 1. The van der Waals surface area contributed by atoms with Crippen LogP contribution in [0.1, 0.15) is 35.7 Å². The van der Waals surface area contributed by atoms with Gasteiger partial charge in [0.05, 0.1) is 12.2 Å². The van der Waals surface area contributed by atoms with Crippen LogP contribution in [0.5, 0.6) is 11.5 Å². The van der Waals surface area contributed by atoms with Crippen LogP contribution in [0.15, 0.2) is 36.5 Å². The number of pyridine rings is 1. The van der Waals surface area contributed by atoms with Crippen LogP contribution < -0.4 is 10.1 Å². The summed E-state index contributed by atoms with van der Waals surface area (Å²) >= 11 is 0. The maximum atomic E-state index is 10.9. The van der Waals surface area contributed by atoms with E-state index in [1.807, 2.05) is 19.1 Å². The monoisotopic (exact) mass is 371 g/mol. The van der Waals surface area contributed by atoms with E-state index in [-0.39, 0.29) is 11.3 Å². The third-order valence-corrected chi connectivity index (χ3v) is 4.68. The molecule has 7 nitrogen and oxygen atoms in total. The first kappa shape index (κ1) is 19.0. The number of carbonyl (C=O) groups is 1. The highest BCUT2D eigenvalue weighted by molar-refractivity contribution is 5.87. The normalized spacial score (nSPS) is 15.4. The maximum absolute atomic E-state index is 10.9. The van der Waals surface area contributed by atoms with Crippen LogP contribution in [0.2, 0.25) is 0 Å². The van der Waals surface area contributed by atoms with Crippen molar-refractivity contribution < 1.29 is 19.7 Å². The third kappa shape index (κ3) is 5.10. The number of hydrogen-bond acceptors (Lipinski definition) is 6. The van der Waals surface area contributed by atoms with Gasteiger partial charge >= 0.3 is 5.97 Å². The fraction of sp³-hybridized carbons (Fsp3) is 0.400. The number of rotatable bonds is 7. The third-order valence-electron chi connectivity index (χ3n) is 4.68. The lowest BCUT2D eigenvalue weighted by Gasteiger charge is -2.32. The van der Waals surface area contributed by atoms with Gasteiger partial charge in [-0.05, 0) is 49.6 Å². The summed E-state index contributed by atoms with van der Waals surface area (Å²) in [5.74, 6) is 0.440. The number of nitrogens with zero attached hydrogens (tertiary/aromatic N) is 2. The molecule has 0 spiro atoms. The Kier molecular flexibility index (Phi) is 6.13. The fourth-order valence-corrected chi connectivity index (χ4v) is 3.24. The Morgan fingerprint density at radius 3 is 2.70 bits per heavy atom. The highest BCUT2D eigenvalue weighted by Gasteiger charge is 2.20. The van der Waals surface area contributed by atoms with Gasteiger partial charge in [0.2, 0.25) is 0 Å². The molecular weight excluding hydrogens is 346 g/mol. The van der Waals surface area contributed by atoms with Crippen LogP contribution in [0.25, 0.3) is 0 Å². The average Bonchev–Trinajstić information content (AvgIpc) is 2.67. The van der Waals surface area contributed by atoms with E-state index in [2.05, 4.69) is 15.2 Å². The van der Waals surface area contributed by atoms with E-state index < -0.39 is 5.97 Å². The number of phenols is 1. The van der Waals surface area contributed by atoms with Gasteiger partial charge in [-0.3, -0.25) is 4.90 Å². The van der Waals surface area contributed by atoms with Crippen molar-refractivity contribution in [2.75, 3.05) is 25.0 Å². The van der Waals surface area contributed by atoms with Gasteiger partial charge in [-0.25, -0.2) is 9.78 Å². The molecule has 0 bridgehead atoms. The fourth-order valence-electron chi connectivity index (χ4n) is 3.24. The molecule has 1 aliphatic rings. The van der Waals surface area contributed by atoms with Crippen molar-refractivity contribution in [1.29, 1.82) is 0 Å². The van der Waals surface area contributed by atoms with Crippen molar-refractivity contribution >= 4 is 11.8 Å². The smallest absolute Gasteiger partial charge is 0.337 e. The first-order valence-corrected chi connectivity index (χ1v) is 9.18. The van der Waals surface area contributed by atoms with Crippen LogP contribution in [-0.2, 0) is 6.54 Å². The number of carboxylic acid groups (broad SMARTS) is 1. The lowest BCUT2D eigenvalue weighted by Crippen LogP contribution is -2.38. The molecule has 0 aliphatic carbocycles. The Labute approximate surface area is 158 Å². The lowest BCUT2D eigenvalue weighted by atomic mass is 10.0. The molecule has 0 atom stereocenters. The Morgan fingerprint density at radius 1 is 1.30 bits per heavy atom. The molecule has 0 saturated carbocycles. The molecule has 2 aromatic rings. The second kappa shape index (κ2) is 8.73. The minimum Gasteiger partial charge on any atom is -0.504 e. The molecule has 1 aliphatic heterocycles. The quantitative estimate of drug-likeness (QED) is 0.689. The number of aromatic nitrogens is 1. The van der Waals surface area contributed by atoms with Crippen molar-refractivity contribution in [2.24, 2.45) is 0 Å². The SMILES string of the molecule is CCOc1cc(CN2CCC(Nc3ccc(C(=O)O)cn3)CC2)ccc1O. The van der Waals surface area contributed by atoms with E-state index in [9.17, 15) is 9.90 Å². The molecule has 144 valence electrons. The predicted molar refractivity (Wildman–Crippen MR) is 102 cm³/mol. The number of aromatic carboxylic acids is 1. The zero-order chi connectivity index (χ0) is 19.2. The number of anilines is 1. The first-order valence-electron chi connectivity index (χ1n) is 9.18. The van der Waals surface area contributed by atoms with Crippen molar-refractivity contribution in [3.63, 3.8) is 0 Å². The Balaban J connectivity index is 1.50. The second-order valence-corrected chi connectivity index (χ2v) is 6.67. The number of nitrogens with one attached hydrogen (secondary N) is 1. The first-order chi connectivity index (χ1) is 13.0. The van der Waals surface area contributed by atoms with E-state index in [0.29, 0.717) is 24.2 Å². The molecule has 1 aromatic heterocycles. The van der Waals surface area contributed by atoms with Crippen molar-refractivity contribution in [2.45, 2.75) is 32.4 Å². The van der Waals surface area contributed by atoms with Crippen molar-refractivity contribution in [3.05, 3.63) is 47.7 Å². The number of hydrogen-bond donors (Lipinski definition) is 3. The second-order valence-electron chi connectivity index (χ2n) is 6.67. The summed E-state index contributed by atoms with van der Waals surface area (Å²) in [4.78, 5) is 17.4. The van der Waals surface area contributed by atoms with Gasteiger partial charge < -0.3 is 20.3 Å². The van der Waals surface area contributed by atoms with E-state index >= 15 is 0 Å². The zero-order valence-electron chi connectivity index (χ0n) is 15.4. The summed E-state index contributed by atoms with van der Waals surface area (Å²) in [6.07, 6.45) is 3.35. The summed E-state index contributed by atoms with van der Waals surface area (Å²) < 4.78 is 5.45. The van der Waals surface area contributed by atoms with Gasteiger partial charge in [-0.1, -0.05) is 6.07 Å². The molecule has 0 amide bonds. The molecule has 3 N–H and O–H groups in total. The van der Waals surface area contributed by atoms with E-state index in [1.54, 1.807) is 18.2 Å². The van der Waals surface area contributed by atoms with Gasteiger partial charge in [-0.2, -0.15) is 0 Å². The molecule has 7 heteroatoms. The molecule has 0 radical (unpaired) electrons. The van der Waals surface area contributed by atoms with E-state index in [1.165, 1.54) is 6.20 Å². The van der Waals surface area contributed by atoms with E-state index in [0.717, 1.165) is 38.0 Å². The number of phenolic OH excluding ortho intramolecular Hbond substituents is 1. The average molecular weight is 371 g/mol. The number of ether oxygens (including phenoxy) is 1. The number of carboxylic acids is 1. The highest BCUT2D eigenvalue weighted by atomic mass is 16.5. The summed E-state index contributed by atoms with van der Waals surface area (Å²) in [5.41, 5.74) is 1.31. The van der Waals surface area contributed by atoms with Crippen LogP contribution in [0.4, 0.5) is 5.82 Å². The van der Waals surface area contributed by atoms with Crippen LogP contribution in [0.3, 0.4) is 0 Å². The predicted octanol–water partition coefficient (Wildman–Crippen LogP) is 2.96. The van der Waals surface area contributed by atoms with Gasteiger partial charge in [-0.15, -0.1) is 0 Å². The van der Waals surface area contributed by atoms with Crippen LogP contribution in [-0.4, -0.2) is 51.8 Å². The van der Waals surface area contributed by atoms with Gasteiger partial charge in [0.1, 0.15) is 5.82 Å². The molecule has 0 unspecified atom stereocenters. The minimum absolute atomic E-state index is 0.171. The van der Waals surface area contributed by atoms with Gasteiger partial charge in [0.25, 0.3) is 0 Å². The molecule has 1 fully saturated rings. The number of benzene rings is 1. The topological polar surface area (TPSA) is 94.9 Å². The Hall–Kier alpha value is -2.80. The lowest BCUT2D eigenvalue weighted by molar-refractivity contribution is 0.0696. The molecule has 27 heavy (non-hydrogen) atoms. The summed E-state index contributed by atoms with van der Waals surface area (Å²) in [6.45, 7) is 5.15. The largest absolute Gasteiger partial charge is 0.504 e. The summed E-state index contributed by atoms with van der Waals surface area (Å²) in [6, 6.07) is 9.10. The maximum Gasteiger partial charge on any atom is 0.337 e. The summed E-state index contributed by atoms with van der Waals surface area (Å²) in [5, 5.41) is 22.1. The molecule has 1 saturated heterocycles. The van der Waals surface area contributed by atoms with Crippen molar-refractivity contribution in [3.8, 4) is 11.5 Å². The van der Waals surface area contributed by atoms with Crippen LogP contribution >= 0.6 is 0 Å². The Morgan fingerprint density at radius 2 is 2.07 bits per heavy atom. The number of piperidine rings is 1. The number of aromatic hydroxyl groups is 1. The Bertz CT molecular complexity index is 771. The van der Waals surface area contributed by atoms with Gasteiger partial charge in [0.15, 0.2) is 11.5 Å². The van der Waals surface area contributed by atoms with Crippen LogP contribution in [0, 0.1) is 0 Å². The van der Waals surface area contributed by atoms with E-state index in [4.69, 9.17) is 9.84 Å². The highest BCUT2D eigenvalue weighted by Crippen LogP contribution is 2.28. The van der Waals surface area contributed by atoms with Gasteiger partial charge in [0, 0.05) is 31.9 Å². The summed E-state index contributed by atoms with van der Waals surface area (Å²) in [7, 11) is 0. The van der Waals surface area contributed by atoms with Crippen molar-refractivity contribution in [1.82, 2.24) is 9.88 Å². The molecule has 1 aromatic carbocycles. The zero-order valence-corrected chi connectivity index (χ0v) is 15.4. The molecular formula is C20H25N3O4. The minimum atomic E-state index is -0.968. The standard InChI is InChI=1S/C20H25N3O4/c1-2-27-18-11-14(3-5-17(18)24)13-23-9-7-16(8-10-23)22-19-6-4-15(12-21-19)20(25)26/h3-6,11-12,16,24H,2,7-10,13H2,1H3,(H,21,22)(H,25,26).